The number of carbonyl (C=O) groups is 2. The quantitative estimate of drug-likeness (QED) is 0.820. The van der Waals surface area contributed by atoms with E-state index < -0.39 is 0 Å². The molecular weight excluding hydrogens is 332 g/mol. The minimum absolute atomic E-state index is 0.0127. The minimum Gasteiger partial charge on any atom is -0.341 e. The van der Waals surface area contributed by atoms with Crippen LogP contribution >= 0.6 is 15.9 Å². The molecular formula is C16H21BrN2O2. The smallest absolute Gasteiger partial charge is 0.253 e. The highest BCUT2D eigenvalue weighted by Gasteiger charge is 2.23. The van der Waals surface area contributed by atoms with E-state index in [1.807, 2.05) is 47.9 Å². The average molecular weight is 353 g/mol. The molecule has 2 rings (SSSR count). The Morgan fingerprint density at radius 3 is 2.19 bits per heavy atom. The van der Waals surface area contributed by atoms with Gasteiger partial charge in [0.2, 0.25) is 5.91 Å². The van der Waals surface area contributed by atoms with Gasteiger partial charge in [0.05, 0.1) is 0 Å². The van der Waals surface area contributed by atoms with Gasteiger partial charge in [-0.05, 0) is 30.7 Å². The number of nitrogens with zero attached hydrogens (tertiary/aromatic N) is 2. The third-order valence-corrected chi connectivity index (χ3v) is 4.21. The number of rotatable bonds is 2. The number of halogens is 1. The molecule has 4 nitrogen and oxygen atoms in total. The van der Waals surface area contributed by atoms with Crippen LogP contribution in [-0.2, 0) is 4.79 Å². The summed E-state index contributed by atoms with van der Waals surface area (Å²) in [5.41, 5.74) is 0.696. The number of benzene rings is 1. The van der Waals surface area contributed by atoms with E-state index in [-0.39, 0.29) is 17.7 Å². The fourth-order valence-electron chi connectivity index (χ4n) is 2.48. The van der Waals surface area contributed by atoms with Crippen LogP contribution in [0.5, 0.6) is 0 Å². The molecule has 0 bridgehead atoms. The minimum atomic E-state index is 0.0127. The summed E-state index contributed by atoms with van der Waals surface area (Å²) < 4.78 is 0.962. The van der Waals surface area contributed by atoms with Crippen molar-refractivity contribution in [1.82, 2.24) is 9.80 Å². The molecule has 0 saturated carbocycles. The third kappa shape index (κ3) is 4.06. The summed E-state index contributed by atoms with van der Waals surface area (Å²) in [7, 11) is 0. The molecule has 1 fully saturated rings. The molecule has 0 aliphatic carbocycles. The Kier molecular flexibility index (Phi) is 5.39. The second kappa shape index (κ2) is 7.07. The van der Waals surface area contributed by atoms with Gasteiger partial charge in [0.1, 0.15) is 0 Å². The Morgan fingerprint density at radius 2 is 1.57 bits per heavy atom. The maximum atomic E-state index is 12.5. The highest BCUT2D eigenvalue weighted by Crippen LogP contribution is 2.14. The first-order chi connectivity index (χ1) is 9.99. The Balaban J connectivity index is 2.01. The van der Waals surface area contributed by atoms with Gasteiger partial charge in [-0.15, -0.1) is 0 Å². The molecule has 0 aromatic heterocycles. The Hall–Kier alpha value is -1.36. The van der Waals surface area contributed by atoms with Crippen LogP contribution in [0.2, 0.25) is 0 Å². The van der Waals surface area contributed by atoms with Gasteiger partial charge in [-0.2, -0.15) is 0 Å². The zero-order valence-corrected chi connectivity index (χ0v) is 14.1. The molecule has 1 saturated heterocycles. The second-order valence-electron chi connectivity index (χ2n) is 5.63. The van der Waals surface area contributed by atoms with Crippen LogP contribution in [0.25, 0.3) is 0 Å². The van der Waals surface area contributed by atoms with Crippen molar-refractivity contribution in [2.24, 2.45) is 5.92 Å². The van der Waals surface area contributed by atoms with Crippen LogP contribution in [0.15, 0.2) is 28.7 Å². The Labute approximate surface area is 134 Å². The van der Waals surface area contributed by atoms with Gasteiger partial charge in [0.25, 0.3) is 5.91 Å². The molecule has 0 atom stereocenters. The van der Waals surface area contributed by atoms with Gasteiger partial charge in [-0.25, -0.2) is 0 Å². The molecule has 0 unspecified atom stereocenters. The summed E-state index contributed by atoms with van der Waals surface area (Å²) in [6, 6.07) is 7.40. The molecule has 1 heterocycles. The molecule has 1 aliphatic heterocycles. The zero-order chi connectivity index (χ0) is 15.4. The highest BCUT2D eigenvalue weighted by atomic mass is 79.9. The third-order valence-electron chi connectivity index (χ3n) is 3.68. The van der Waals surface area contributed by atoms with Crippen molar-refractivity contribution in [3.8, 4) is 0 Å². The predicted octanol–water partition coefficient (Wildman–Crippen LogP) is 2.78. The van der Waals surface area contributed by atoms with Crippen LogP contribution in [-0.4, -0.2) is 47.8 Å². The summed E-state index contributed by atoms with van der Waals surface area (Å²) in [5, 5.41) is 0. The fourth-order valence-corrected chi connectivity index (χ4v) is 2.75. The lowest BCUT2D eigenvalue weighted by Crippen LogP contribution is -2.38. The first-order valence-electron chi connectivity index (χ1n) is 7.32. The maximum absolute atomic E-state index is 12.5. The lowest BCUT2D eigenvalue weighted by molar-refractivity contribution is -0.134. The number of hydrogen-bond acceptors (Lipinski definition) is 2. The average Bonchev–Trinajstić information content (AvgIpc) is 2.72. The summed E-state index contributed by atoms with van der Waals surface area (Å²) >= 11 is 3.37. The van der Waals surface area contributed by atoms with E-state index >= 15 is 0 Å². The van der Waals surface area contributed by atoms with Crippen molar-refractivity contribution < 1.29 is 9.59 Å². The lowest BCUT2D eigenvalue weighted by Gasteiger charge is -2.23. The van der Waals surface area contributed by atoms with Crippen LogP contribution in [0, 0.1) is 5.92 Å². The Bertz CT molecular complexity index is 514. The van der Waals surface area contributed by atoms with Crippen LogP contribution in [0.3, 0.4) is 0 Å². The van der Waals surface area contributed by atoms with Gasteiger partial charge in [-0.3, -0.25) is 9.59 Å². The van der Waals surface area contributed by atoms with E-state index in [0.717, 1.165) is 17.4 Å². The van der Waals surface area contributed by atoms with Crippen molar-refractivity contribution in [1.29, 1.82) is 0 Å². The van der Waals surface area contributed by atoms with E-state index in [1.165, 1.54) is 0 Å². The number of amides is 2. The molecule has 21 heavy (non-hydrogen) atoms. The van der Waals surface area contributed by atoms with E-state index in [1.54, 1.807) is 0 Å². The van der Waals surface area contributed by atoms with E-state index in [4.69, 9.17) is 0 Å². The normalized spacial score (nSPS) is 16.0. The van der Waals surface area contributed by atoms with E-state index in [9.17, 15) is 9.59 Å². The largest absolute Gasteiger partial charge is 0.341 e. The second-order valence-corrected chi connectivity index (χ2v) is 6.55. The van der Waals surface area contributed by atoms with Crippen molar-refractivity contribution in [3.63, 3.8) is 0 Å². The van der Waals surface area contributed by atoms with Gasteiger partial charge >= 0.3 is 0 Å². The van der Waals surface area contributed by atoms with Crippen LogP contribution in [0.1, 0.15) is 30.6 Å². The Morgan fingerprint density at radius 1 is 1.00 bits per heavy atom. The number of hydrogen-bond donors (Lipinski definition) is 0. The van der Waals surface area contributed by atoms with Gasteiger partial charge < -0.3 is 9.80 Å². The summed E-state index contributed by atoms with van der Waals surface area (Å²) in [6.07, 6.45) is 0.834. The fraction of sp³-hybridized carbons (Fsp3) is 0.500. The van der Waals surface area contributed by atoms with Crippen molar-refractivity contribution >= 4 is 27.7 Å². The van der Waals surface area contributed by atoms with Crippen molar-refractivity contribution in [2.75, 3.05) is 26.2 Å². The van der Waals surface area contributed by atoms with Gasteiger partial charge in [0.15, 0.2) is 0 Å². The summed E-state index contributed by atoms with van der Waals surface area (Å²) in [4.78, 5) is 28.3. The van der Waals surface area contributed by atoms with Gasteiger partial charge in [-0.1, -0.05) is 29.8 Å². The first kappa shape index (κ1) is 16.0. The van der Waals surface area contributed by atoms with E-state index in [0.29, 0.717) is 25.2 Å². The molecule has 0 spiro atoms. The molecule has 5 heteroatoms. The summed E-state index contributed by atoms with van der Waals surface area (Å²) in [5.74, 6) is 0.230. The lowest BCUT2D eigenvalue weighted by atomic mass is 10.2. The topological polar surface area (TPSA) is 40.6 Å². The molecule has 114 valence electrons. The molecule has 1 aliphatic rings. The highest BCUT2D eigenvalue weighted by molar-refractivity contribution is 9.10. The zero-order valence-electron chi connectivity index (χ0n) is 12.5. The van der Waals surface area contributed by atoms with Crippen LogP contribution < -0.4 is 0 Å². The van der Waals surface area contributed by atoms with Gasteiger partial charge in [0, 0.05) is 42.1 Å². The molecule has 0 N–H and O–H groups in total. The predicted molar refractivity (Wildman–Crippen MR) is 86.1 cm³/mol. The molecule has 1 aromatic rings. The monoisotopic (exact) mass is 352 g/mol. The summed E-state index contributed by atoms with van der Waals surface area (Å²) in [6.45, 7) is 6.50. The molecule has 2 amide bonds. The first-order valence-corrected chi connectivity index (χ1v) is 8.12. The number of carbonyl (C=O) groups excluding carboxylic acids is 2. The molecule has 1 aromatic carbocycles. The van der Waals surface area contributed by atoms with E-state index in [2.05, 4.69) is 15.9 Å². The standard InChI is InChI=1S/C16H21BrN2O2/c1-12(2)15(20)18-8-3-9-19(11-10-18)16(21)13-4-6-14(17)7-5-13/h4-7,12H,3,8-11H2,1-2H3. The van der Waals surface area contributed by atoms with Crippen molar-refractivity contribution in [2.45, 2.75) is 20.3 Å². The molecule has 0 radical (unpaired) electrons. The SMILES string of the molecule is CC(C)C(=O)N1CCCN(C(=O)c2ccc(Br)cc2)CC1. The maximum Gasteiger partial charge on any atom is 0.253 e. The van der Waals surface area contributed by atoms with Crippen molar-refractivity contribution in [3.05, 3.63) is 34.3 Å². The van der Waals surface area contributed by atoms with Crippen LogP contribution in [0.4, 0.5) is 0 Å².